The van der Waals surface area contributed by atoms with Crippen LogP contribution in [0.2, 0.25) is 0 Å². The lowest BCUT2D eigenvalue weighted by atomic mass is 9.88. The fourth-order valence-corrected chi connectivity index (χ4v) is 4.97. The smallest absolute Gasteiger partial charge is 0.133 e. The predicted octanol–water partition coefficient (Wildman–Crippen LogP) is 9.71. The lowest BCUT2D eigenvalue weighted by Crippen LogP contribution is -2.33. The Balaban J connectivity index is 1.60. The van der Waals surface area contributed by atoms with E-state index in [1.54, 1.807) is 6.20 Å². The molecular formula is C31H44ClNO2. The summed E-state index contributed by atoms with van der Waals surface area (Å²) < 4.78 is 12.5. The molecule has 0 saturated heterocycles. The molecule has 0 aromatic heterocycles. The molecule has 3 nitrogen and oxygen atoms in total. The monoisotopic (exact) mass is 497 g/mol. The van der Waals surface area contributed by atoms with Gasteiger partial charge in [-0.3, -0.25) is 4.99 Å². The van der Waals surface area contributed by atoms with Gasteiger partial charge in [-0.2, -0.15) is 0 Å². The van der Waals surface area contributed by atoms with Gasteiger partial charge in [0.2, 0.25) is 0 Å². The molecule has 1 heterocycles. The van der Waals surface area contributed by atoms with E-state index >= 15 is 0 Å². The Bertz CT molecular complexity index is 954. The first kappa shape index (κ1) is 27.7. The van der Waals surface area contributed by atoms with Gasteiger partial charge in [-0.15, -0.1) is 0 Å². The largest absolute Gasteiger partial charge is 0.494 e. The third kappa shape index (κ3) is 8.95. The van der Waals surface area contributed by atoms with Crippen LogP contribution in [0.5, 0.6) is 5.75 Å². The molecule has 2 aromatic rings. The predicted molar refractivity (Wildman–Crippen MR) is 151 cm³/mol. The minimum Gasteiger partial charge on any atom is -0.494 e. The van der Waals surface area contributed by atoms with E-state index in [9.17, 15) is 0 Å². The Kier molecular flexibility index (Phi) is 12.1. The third-order valence-corrected chi connectivity index (χ3v) is 7.08. The van der Waals surface area contributed by atoms with Crippen LogP contribution >= 0.6 is 11.6 Å². The maximum atomic E-state index is 6.51. The zero-order valence-corrected chi connectivity index (χ0v) is 22.6. The molecule has 0 spiro atoms. The van der Waals surface area contributed by atoms with Crippen LogP contribution in [0.25, 0.3) is 10.8 Å². The molecule has 0 saturated carbocycles. The summed E-state index contributed by atoms with van der Waals surface area (Å²) in [5, 5.41) is 3.08. The number of rotatable bonds is 17. The van der Waals surface area contributed by atoms with E-state index in [0.717, 1.165) is 35.8 Å². The van der Waals surface area contributed by atoms with Crippen LogP contribution in [0.1, 0.15) is 103 Å². The minimum atomic E-state index is -0.601. The van der Waals surface area contributed by atoms with Gasteiger partial charge in [0.1, 0.15) is 11.4 Å². The first-order valence-corrected chi connectivity index (χ1v) is 14.2. The fourth-order valence-electron chi connectivity index (χ4n) is 4.71. The number of hydrogen-bond acceptors (Lipinski definition) is 3. The van der Waals surface area contributed by atoms with E-state index < -0.39 is 5.60 Å². The van der Waals surface area contributed by atoms with Crippen molar-refractivity contribution in [2.75, 3.05) is 13.2 Å². The number of benzene rings is 2. The van der Waals surface area contributed by atoms with Crippen LogP contribution in [0.15, 0.2) is 52.6 Å². The summed E-state index contributed by atoms with van der Waals surface area (Å²) in [6.45, 7) is 6.00. The van der Waals surface area contributed by atoms with Gasteiger partial charge in [-0.25, -0.2) is 0 Å². The number of halogens is 1. The number of hydrogen-bond donors (Lipinski definition) is 0. The van der Waals surface area contributed by atoms with Crippen molar-refractivity contribution in [1.29, 1.82) is 0 Å². The SMILES string of the molecule is CCCCCCCCOc1ccc2cc(C3(OCCCCCCCC)C=NC=C(Cl)C3)ccc2c1. The zero-order valence-electron chi connectivity index (χ0n) is 21.9. The van der Waals surface area contributed by atoms with Gasteiger partial charge in [0, 0.05) is 30.5 Å². The minimum absolute atomic E-state index is 0.601. The topological polar surface area (TPSA) is 30.8 Å². The zero-order chi connectivity index (χ0) is 24.8. The third-order valence-electron chi connectivity index (χ3n) is 6.85. The van der Waals surface area contributed by atoms with Crippen LogP contribution in [0, 0.1) is 0 Å². The van der Waals surface area contributed by atoms with Crippen LogP contribution < -0.4 is 4.74 Å². The number of ether oxygens (including phenoxy) is 2. The fraction of sp³-hybridized carbons (Fsp3) is 0.581. The highest BCUT2D eigenvalue weighted by Gasteiger charge is 2.34. The summed E-state index contributed by atoms with van der Waals surface area (Å²) in [5.74, 6) is 0.943. The normalized spacial score (nSPS) is 17.6. The van der Waals surface area contributed by atoms with E-state index in [-0.39, 0.29) is 0 Å². The van der Waals surface area contributed by atoms with Crippen molar-refractivity contribution in [2.24, 2.45) is 4.99 Å². The molecule has 0 aliphatic carbocycles. The van der Waals surface area contributed by atoms with Gasteiger partial charge >= 0.3 is 0 Å². The highest BCUT2D eigenvalue weighted by molar-refractivity contribution is 6.30. The average Bonchev–Trinajstić information content (AvgIpc) is 2.87. The second kappa shape index (κ2) is 15.3. The van der Waals surface area contributed by atoms with Crippen LogP contribution in [0.3, 0.4) is 0 Å². The summed E-state index contributed by atoms with van der Waals surface area (Å²) in [6.07, 6.45) is 19.4. The van der Waals surface area contributed by atoms with Crippen molar-refractivity contribution in [3.63, 3.8) is 0 Å². The Hall–Kier alpha value is -1.84. The molecule has 3 rings (SSSR count). The molecule has 35 heavy (non-hydrogen) atoms. The van der Waals surface area contributed by atoms with Gasteiger partial charge in [-0.1, -0.05) is 108 Å². The lowest BCUT2D eigenvalue weighted by Gasteiger charge is -2.32. The Labute approximate surface area is 218 Å². The molecule has 192 valence electrons. The van der Waals surface area contributed by atoms with E-state index in [2.05, 4.69) is 55.2 Å². The number of nitrogens with zero attached hydrogens (tertiary/aromatic N) is 1. The summed E-state index contributed by atoms with van der Waals surface area (Å²) in [7, 11) is 0. The van der Waals surface area contributed by atoms with E-state index in [0.29, 0.717) is 13.0 Å². The first-order chi connectivity index (χ1) is 17.2. The van der Waals surface area contributed by atoms with Gasteiger partial charge < -0.3 is 9.47 Å². The van der Waals surface area contributed by atoms with Crippen LogP contribution in [0.4, 0.5) is 0 Å². The summed E-state index contributed by atoms with van der Waals surface area (Å²) in [6, 6.07) is 12.9. The molecule has 0 bridgehead atoms. The molecule has 1 aliphatic rings. The van der Waals surface area contributed by atoms with Gasteiger partial charge in [0.15, 0.2) is 0 Å². The average molecular weight is 498 g/mol. The molecule has 1 atom stereocenters. The van der Waals surface area contributed by atoms with E-state index in [4.69, 9.17) is 21.1 Å². The van der Waals surface area contributed by atoms with Crippen molar-refractivity contribution in [3.05, 3.63) is 53.2 Å². The summed E-state index contributed by atoms with van der Waals surface area (Å²) in [4.78, 5) is 4.42. The van der Waals surface area contributed by atoms with Crippen molar-refractivity contribution in [3.8, 4) is 5.75 Å². The van der Waals surface area contributed by atoms with Crippen LogP contribution in [-0.4, -0.2) is 19.4 Å². The Morgan fingerprint density at radius 3 is 2.11 bits per heavy atom. The van der Waals surface area contributed by atoms with Crippen molar-refractivity contribution in [1.82, 2.24) is 0 Å². The molecule has 0 amide bonds. The molecular weight excluding hydrogens is 454 g/mol. The maximum Gasteiger partial charge on any atom is 0.133 e. The van der Waals surface area contributed by atoms with Crippen molar-refractivity contribution >= 4 is 28.6 Å². The Morgan fingerprint density at radius 1 is 0.771 bits per heavy atom. The van der Waals surface area contributed by atoms with Gasteiger partial charge in [0.25, 0.3) is 0 Å². The van der Waals surface area contributed by atoms with E-state index in [1.165, 1.54) is 75.0 Å². The second-order valence-corrected chi connectivity index (χ2v) is 10.4. The number of aliphatic imine (C=N–C) groups is 1. The number of fused-ring (bicyclic) bond motifs is 1. The molecule has 0 radical (unpaired) electrons. The summed E-state index contributed by atoms with van der Waals surface area (Å²) >= 11 is 6.43. The van der Waals surface area contributed by atoms with Crippen molar-refractivity contribution < 1.29 is 9.47 Å². The highest BCUT2D eigenvalue weighted by Crippen LogP contribution is 2.37. The van der Waals surface area contributed by atoms with E-state index in [1.807, 2.05) is 6.21 Å². The summed E-state index contributed by atoms with van der Waals surface area (Å²) in [5.41, 5.74) is 0.503. The number of unbranched alkanes of at least 4 members (excludes halogenated alkanes) is 10. The molecule has 0 fully saturated rings. The van der Waals surface area contributed by atoms with Gasteiger partial charge in [0.05, 0.1) is 6.61 Å². The molecule has 4 heteroatoms. The molecule has 2 aromatic carbocycles. The first-order valence-electron chi connectivity index (χ1n) is 13.9. The van der Waals surface area contributed by atoms with Gasteiger partial charge in [-0.05, 0) is 47.4 Å². The Morgan fingerprint density at radius 2 is 1.40 bits per heavy atom. The lowest BCUT2D eigenvalue weighted by molar-refractivity contribution is 0.00592. The highest BCUT2D eigenvalue weighted by atomic mass is 35.5. The van der Waals surface area contributed by atoms with Crippen LogP contribution in [-0.2, 0) is 10.3 Å². The molecule has 1 unspecified atom stereocenters. The quantitative estimate of drug-likeness (QED) is 0.203. The molecule has 0 N–H and O–H groups in total. The standard InChI is InChI=1S/C31H44ClNO2/c1-3-5-7-9-11-13-19-34-30-18-16-26-21-28(17-15-27(26)22-30)31(23-29(32)24-33-25-31)35-20-14-12-10-8-6-4-2/h15-18,21-22,24-25H,3-14,19-20,23H2,1-2H3. The maximum absolute atomic E-state index is 6.51. The van der Waals surface area contributed by atoms with Crippen molar-refractivity contribution in [2.45, 2.75) is 103 Å². The molecule has 1 aliphatic heterocycles. The second-order valence-electron chi connectivity index (χ2n) is 9.88.